The molecule has 1 aliphatic heterocycles. The van der Waals surface area contributed by atoms with Gasteiger partial charge in [0.25, 0.3) is 15.9 Å². The average Bonchev–Trinajstić information content (AvgIpc) is 3.10. The fourth-order valence-corrected chi connectivity index (χ4v) is 5.24. The van der Waals surface area contributed by atoms with Crippen molar-refractivity contribution in [3.63, 3.8) is 0 Å². The van der Waals surface area contributed by atoms with E-state index < -0.39 is 10.0 Å². The van der Waals surface area contributed by atoms with Crippen molar-refractivity contribution in [2.75, 3.05) is 39.4 Å². The van der Waals surface area contributed by atoms with E-state index in [1.165, 1.54) is 10.4 Å². The van der Waals surface area contributed by atoms with Crippen molar-refractivity contribution in [2.24, 2.45) is 5.92 Å². The summed E-state index contributed by atoms with van der Waals surface area (Å²) in [6.45, 7) is 9.00. The third kappa shape index (κ3) is 4.36. The molecule has 2 heterocycles. The molecular weight excluding hydrogens is 348 g/mol. The lowest BCUT2D eigenvalue weighted by Gasteiger charge is -2.25. The van der Waals surface area contributed by atoms with Gasteiger partial charge in [-0.2, -0.15) is 4.31 Å². The molecule has 0 radical (unpaired) electrons. The molecule has 6 nitrogen and oxygen atoms in total. The zero-order chi connectivity index (χ0) is 17.7. The molecular formula is C16H26N2O4S2. The number of ether oxygens (including phenoxy) is 1. The van der Waals surface area contributed by atoms with Crippen molar-refractivity contribution in [1.82, 2.24) is 9.21 Å². The molecule has 0 spiro atoms. The Balaban J connectivity index is 2.15. The Kier molecular flexibility index (Phi) is 6.79. The smallest absolute Gasteiger partial charge is 0.254 e. The normalized spacial score (nSPS) is 17.6. The molecule has 1 saturated heterocycles. The third-order valence-corrected chi connectivity index (χ3v) is 7.60. The van der Waals surface area contributed by atoms with Crippen LogP contribution in [0.4, 0.5) is 0 Å². The predicted octanol–water partition coefficient (Wildman–Crippen LogP) is 2.28. The van der Waals surface area contributed by atoms with Gasteiger partial charge in [-0.1, -0.05) is 20.3 Å². The maximum absolute atomic E-state index is 12.6. The highest BCUT2D eigenvalue weighted by molar-refractivity contribution is 7.91. The Labute approximate surface area is 148 Å². The molecule has 0 N–H and O–H groups in total. The van der Waals surface area contributed by atoms with Crippen molar-refractivity contribution < 1.29 is 17.9 Å². The van der Waals surface area contributed by atoms with Gasteiger partial charge < -0.3 is 9.64 Å². The Morgan fingerprint density at radius 1 is 1.38 bits per heavy atom. The fraction of sp³-hybridized carbons (Fsp3) is 0.688. The fourth-order valence-electron chi connectivity index (χ4n) is 2.52. The number of carbonyl (C=O) groups excluding carboxylic acids is 1. The van der Waals surface area contributed by atoms with Gasteiger partial charge in [-0.05, 0) is 18.9 Å². The second-order valence-electron chi connectivity index (χ2n) is 6.03. The van der Waals surface area contributed by atoms with E-state index in [0.717, 1.165) is 17.8 Å². The minimum atomic E-state index is -3.53. The molecule has 1 aromatic rings. The summed E-state index contributed by atoms with van der Waals surface area (Å²) in [5.41, 5.74) is 0.456. The zero-order valence-corrected chi connectivity index (χ0v) is 16.2. The van der Waals surface area contributed by atoms with Gasteiger partial charge in [0.15, 0.2) is 0 Å². The number of carbonyl (C=O) groups is 1. The molecule has 0 bridgehead atoms. The van der Waals surface area contributed by atoms with Gasteiger partial charge in [0.1, 0.15) is 4.21 Å². The predicted molar refractivity (Wildman–Crippen MR) is 94.9 cm³/mol. The molecule has 1 unspecified atom stereocenters. The van der Waals surface area contributed by atoms with Crippen LogP contribution in [0.15, 0.2) is 15.7 Å². The van der Waals surface area contributed by atoms with Gasteiger partial charge in [0.05, 0.1) is 18.8 Å². The number of nitrogens with zero attached hydrogens (tertiary/aromatic N) is 2. The maximum atomic E-state index is 12.6. The first-order chi connectivity index (χ1) is 11.4. The molecule has 8 heteroatoms. The second-order valence-corrected chi connectivity index (χ2v) is 9.10. The minimum absolute atomic E-state index is 0.0996. The zero-order valence-electron chi connectivity index (χ0n) is 14.5. The molecule has 24 heavy (non-hydrogen) atoms. The van der Waals surface area contributed by atoms with Crippen molar-refractivity contribution in [1.29, 1.82) is 0 Å². The summed E-state index contributed by atoms with van der Waals surface area (Å²) >= 11 is 1.11. The van der Waals surface area contributed by atoms with E-state index in [-0.39, 0.29) is 10.1 Å². The summed E-state index contributed by atoms with van der Waals surface area (Å²) in [6, 6.07) is 1.51. The summed E-state index contributed by atoms with van der Waals surface area (Å²) in [6.07, 6.45) is 1.00. The summed E-state index contributed by atoms with van der Waals surface area (Å²) in [4.78, 5) is 14.4. The molecule has 1 amide bonds. The first-order valence-corrected chi connectivity index (χ1v) is 10.7. The summed E-state index contributed by atoms with van der Waals surface area (Å²) in [5.74, 6) is 0.321. The molecule has 0 saturated carbocycles. The number of thiophene rings is 1. The number of rotatable bonds is 7. The van der Waals surface area contributed by atoms with Crippen LogP contribution in [0.5, 0.6) is 0 Å². The summed E-state index contributed by atoms with van der Waals surface area (Å²) in [5, 5.41) is 1.65. The lowest BCUT2D eigenvalue weighted by Crippen LogP contribution is -2.40. The third-order valence-electron chi connectivity index (χ3n) is 4.28. The van der Waals surface area contributed by atoms with E-state index >= 15 is 0 Å². The van der Waals surface area contributed by atoms with Crippen LogP contribution in [0.3, 0.4) is 0 Å². The van der Waals surface area contributed by atoms with Crippen LogP contribution in [0.25, 0.3) is 0 Å². The van der Waals surface area contributed by atoms with Crippen molar-refractivity contribution >= 4 is 27.3 Å². The van der Waals surface area contributed by atoms with Gasteiger partial charge in [0, 0.05) is 31.6 Å². The minimum Gasteiger partial charge on any atom is -0.379 e. The van der Waals surface area contributed by atoms with E-state index in [1.807, 2.05) is 6.92 Å². The number of morpholine rings is 1. The maximum Gasteiger partial charge on any atom is 0.254 e. The van der Waals surface area contributed by atoms with Gasteiger partial charge in [-0.25, -0.2) is 8.42 Å². The highest BCUT2D eigenvalue weighted by Crippen LogP contribution is 2.25. The second kappa shape index (κ2) is 8.42. The van der Waals surface area contributed by atoms with Crippen LogP contribution in [0.1, 0.15) is 37.6 Å². The topological polar surface area (TPSA) is 66.9 Å². The Morgan fingerprint density at radius 2 is 2.04 bits per heavy atom. The van der Waals surface area contributed by atoms with Crippen LogP contribution >= 0.6 is 11.3 Å². The standard InChI is InChI=1S/C16H26N2O4S2/c1-4-13(3)11-17(5-2)16(19)14-10-15(23-12-14)24(20,21)18-6-8-22-9-7-18/h10,12-13H,4-9,11H2,1-3H3. The van der Waals surface area contributed by atoms with Crippen molar-refractivity contribution in [3.8, 4) is 0 Å². The summed E-state index contributed by atoms with van der Waals surface area (Å²) in [7, 11) is -3.53. The molecule has 136 valence electrons. The van der Waals surface area contributed by atoms with Gasteiger partial charge in [-0.3, -0.25) is 4.79 Å². The number of amides is 1. The van der Waals surface area contributed by atoms with Crippen LogP contribution in [-0.2, 0) is 14.8 Å². The first kappa shape index (κ1) is 19.4. The molecule has 0 aromatic carbocycles. The van der Waals surface area contributed by atoms with Gasteiger partial charge in [-0.15, -0.1) is 11.3 Å². The van der Waals surface area contributed by atoms with E-state index in [2.05, 4.69) is 13.8 Å². The van der Waals surface area contributed by atoms with E-state index in [1.54, 1.807) is 10.3 Å². The van der Waals surface area contributed by atoms with Crippen LogP contribution in [0.2, 0.25) is 0 Å². The number of sulfonamides is 1. The van der Waals surface area contributed by atoms with E-state index in [9.17, 15) is 13.2 Å². The van der Waals surface area contributed by atoms with Crippen LogP contribution < -0.4 is 0 Å². The Bertz CT molecular complexity index is 651. The molecule has 1 atom stereocenters. The monoisotopic (exact) mass is 374 g/mol. The lowest BCUT2D eigenvalue weighted by atomic mass is 10.1. The summed E-state index contributed by atoms with van der Waals surface area (Å²) < 4.78 is 32.1. The molecule has 0 aliphatic carbocycles. The molecule has 1 aromatic heterocycles. The quantitative estimate of drug-likeness (QED) is 0.734. The van der Waals surface area contributed by atoms with Gasteiger partial charge in [0.2, 0.25) is 0 Å². The van der Waals surface area contributed by atoms with Crippen molar-refractivity contribution in [3.05, 3.63) is 17.0 Å². The Hall–Kier alpha value is -0.960. The average molecular weight is 375 g/mol. The first-order valence-electron chi connectivity index (χ1n) is 8.35. The van der Waals surface area contributed by atoms with Crippen LogP contribution in [0, 0.1) is 5.92 Å². The number of hydrogen-bond donors (Lipinski definition) is 0. The largest absolute Gasteiger partial charge is 0.379 e. The SMILES string of the molecule is CCC(C)CN(CC)C(=O)c1csc(S(=O)(=O)N2CCOCC2)c1. The van der Waals surface area contributed by atoms with Crippen LogP contribution in [-0.4, -0.2) is 62.9 Å². The molecule has 1 fully saturated rings. The Morgan fingerprint density at radius 3 is 2.62 bits per heavy atom. The number of hydrogen-bond acceptors (Lipinski definition) is 5. The van der Waals surface area contributed by atoms with Crippen molar-refractivity contribution in [2.45, 2.75) is 31.4 Å². The highest BCUT2D eigenvalue weighted by atomic mass is 32.2. The van der Waals surface area contributed by atoms with Gasteiger partial charge >= 0.3 is 0 Å². The lowest BCUT2D eigenvalue weighted by molar-refractivity contribution is 0.0730. The highest BCUT2D eigenvalue weighted by Gasteiger charge is 2.29. The van der Waals surface area contributed by atoms with E-state index in [4.69, 9.17) is 4.74 Å². The molecule has 1 aliphatic rings. The molecule has 2 rings (SSSR count). The van der Waals surface area contributed by atoms with E-state index in [0.29, 0.717) is 50.9 Å².